The maximum Gasteiger partial charge on any atom is 0.186 e. The van der Waals surface area contributed by atoms with Gasteiger partial charge in [-0.25, -0.2) is 0 Å². The first kappa shape index (κ1) is 9.71. The quantitative estimate of drug-likeness (QED) is 0.702. The van der Waals surface area contributed by atoms with E-state index in [0.717, 1.165) is 4.88 Å². The number of ketones is 1. The third-order valence-electron chi connectivity index (χ3n) is 1.30. The zero-order valence-electron chi connectivity index (χ0n) is 7.00. The van der Waals surface area contributed by atoms with Crippen molar-refractivity contribution in [1.82, 2.24) is 4.90 Å². The van der Waals surface area contributed by atoms with Crippen LogP contribution in [0.2, 0.25) is 5.02 Å². The highest BCUT2D eigenvalue weighted by atomic mass is 35.5. The first-order chi connectivity index (χ1) is 5.59. The molecule has 0 aliphatic heterocycles. The second kappa shape index (κ2) is 4.03. The minimum atomic E-state index is 0.122. The number of Topliss-reactive ketones (excluding diaryl/α,β-unsaturated/α-hetero) is 1. The number of halogens is 1. The van der Waals surface area contributed by atoms with Gasteiger partial charge < -0.3 is 4.90 Å². The van der Waals surface area contributed by atoms with Crippen molar-refractivity contribution in [3.05, 3.63) is 21.3 Å². The topological polar surface area (TPSA) is 20.3 Å². The molecule has 0 atom stereocenters. The largest absolute Gasteiger partial charge is 0.302 e. The van der Waals surface area contributed by atoms with Gasteiger partial charge in [0.05, 0.1) is 16.4 Å². The average Bonchev–Trinajstić information content (AvgIpc) is 2.34. The number of carbonyl (C=O) groups is 1. The van der Waals surface area contributed by atoms with Crippen LogP contribution in [0.3, 0.4) is 0 Å². The van der Waals surface area contributed by atoms with Crippen LogP contribution in [-0.4, -0.2) is 31.3 Å². The summed E-state index contributed by atoms with van der Waals surface area (Å²) in [6, 6.07) is 1.71. The SMILES string of the molecule is CN(C)CC(=O)c1cc(Cl)cs1. The normalized spacial score (nSPS) is 10.7. The molecule has 0 bridgehead atoms. The number of nitrogens with zero attached hydrogens (tertiary/aromatic N) is 1. The van der Waals surface area contributed by atoms with Crippen molar-refractivity contribution >= 4 is 28.7 Å². The van der Waals surface area contributed by atoms with Crippen LogP contribution in [0.4, 0.5) is 0 Å². The minimum absolute atomic E-state index is 0.122. The van der Waals surface area contributed by atoms with Crippen molar-refractivity contribution < 1.29 is 4.79 Å². The van der Waals surface area contributed by atoms with Crippen LogP contribution in [0.25, 0.3) is 0 Å². The Morgan fingerprint density at radius 1 is 1.67 bits per heavy atom. The zero-order valence-corrected chi connectivity index (χ0v) is 8.58. The van der Waals surface area contributed by atoms with Gasteiger partial charge in [-0.1, -0.05) is 11.6 Å². The Balaban J connectivity index is 2.65. The van der Waals surface area contributed by atoms with Gasteiger partial charge in [0, 0.05) is 5.38 Å². The molecule has 66 valence electrons. The summed E-state index contributed by atoms with van der Waals surface area (Å²) in [6.45, 7) is 0.441. The summed E-state index contributed by atoms with van der Waals surface area (Å²) in [4.78, 5) is 14.0. The second-order valence-electron chi connectivity index (χ2n) is 2.79. The Bertz CT molecular complexity index is 282. The highest BCUT2D eigenvalue weighted by Crippen LogP contribution is 2.19. The summed E-state index contributed by atoms with van der Waals surface area (Å²) in [5.41, 5.74) is 0. The van der Waals surface area contributed by atoms with E-state index in [2.05, 4.69) is 0 Å². The third-order valence-corrected chi connectivity index (χ3v) is 2.62. The van der Waals surface area contributed by atoms with E-state index < -0.39 is 0 Å². The van der Waals surface area contributed by atoms with E-state index in [-0.39, 0.29) is 5.78 Å². The molecule has 0 radical (unpaired) electrons. The second-order valence-corrected chi connectivity index (χ2v) is 4.14. The molecule has 0 saturated carbocycles. The van der Waals surface area contributed by atoms with Crippen LogP contribution in [0.15, 0.2) is 11.4 Å². The number of carbonyl (C=O) groups excluding carboxylic acids is 1. The lowest BCUT2D eigenvalue weighted by Crippen LogP contribution is -2.20. The molecule has 0 fully saturated rings. The number of hydrogen-bond donors (Lipinski definition) is 0. The van der Waals surface area contributed by atoms with E-state index in [1.54, 1.807) is 11.4 Å². The molecule has 2 nitrogen and oxygen atoms in total. The summed E-state index contributed by atoms with van der Waals surface area (Å²) >= 11 is 7.08. The molecule has 12 heavy (non-hydrogen) atoms. The molecule has 0 saturated heterocycles. The fraction of sp³-hybridized carbons (Fsp3) is 0.375. The Labute approximate surface area is 80.8 Å². The first-order valence-corrected chi connectivity index (χ1v) is 4.77. The van der Waals surface area contributed by atoms with E-state index in [1.807, 2.05) is 19.0 Å². The fourth-order valence-electron chi connectivity index (χ4n) is 0.824. The third kappa shape index (κ3) is 2.59. The lowest BCUT2D eigenvalue weighted by Gasteiger charge is -2.05. The Hall–Kier alpha value is -0.380. The molecule has 1 heterocycles. The smallest absolute Gasteiger partial charge is 0.186 e. The van der Waals surface area contributed by atoms with E-state index in [1.165, 1.54) is 11.3 Å². The van der Waals surface area contributed by atoms with Crippen LogP contribution in [0.5, 0.6) is 0 Å². The Morgan fingerprint density at radius 3 is 2.75 bits per heavy atom. The van der Waals surface area contributed by atoms with Crippen LogP contribution in [0, 0.1) is 0 Å². The van der Waals surface area contributed by atoms with Gasteiger partial charge in [-0.15, -0.1) is 11.3 Å². The molecule has 0 amide bonds. The minimum Gasteiger partial charge on any atom is -0.302 e. The summed E-state index contributed by atoms with van der Waals surface area (Å²) in [6.07, 6.45) is 0. The first-order valence-electron chi connectivity index (χ1n) is 3.51. The number of rotatable bonds is 3. The summed E-state index contributed by atoms with van der Waals surface area (Å²) in [7, 11) is 3.74. The standard InChI is InChI=1S/C8H10ClNOS/c1-10(2)4-7(11)8-3-6(9)5-12-8/h3,5H,4H2,1-2H3. The van der Waals surface area contributed by atoms with Crippen molar-refractivity contribution in [2.75, 3.05) is 20.6 Å². The van der Waals surface area contributed by atoms with Crippen molar-refractivity contribution in [2.24, 2.45) is 0 Å². The number of thiophene rings is 1. The van der Waals surface area contributed by atoms with E-state index in [9.17, 15) is 4.79 Å². The molecule has 1 aromatic heterocycles. The molecule has 0 aliphatic rings. The predicted octanol–water partition coefficient (Wildman–Crippen LogP) is 2.15. The summed E-state index contributed by atoms with van der Waals surface area (Å²) < 4.78 is 0. The molecular formula is C8H10ClNOS. The van der Waals surface area contributed by atoms with Gasteiger partial charge in [0.1, 0.15) is 0 Å². The molecule has 1 rings (SSSR count). The van der Waals surface area contributed by atoms with E-state index in [4.69, 9.17) is 11.6 Å². The number of hydrogen-bond acceptors (Lipinski definition) is 3. The molecule has 0 aliphatic carbocycles. The number of likely N-dealkylation sites (N-methyl/N-ethyl adjacent to an activating group) is 1. The van der Waals surface area contributed by atoms with Crippen molar-refractivity contribution in [3.63, 3.8) is 0 Å². The van der Waals surface area contributed by atoms with Crippen LogP contribution >= 0.6 is 22.9 Å². The summed E-state index contributed by atoms with van der Waals surface area (Å²) in [5.74, 6) is 0.122. The van der Waals surface area contributed by atoms with Crippen molar-refractivity contribution in [2.45, 2.75) is 0 Å². The lowest BCUT2D eigenvalue weighted by atomic mass is 10.3. The molecule has 4 heteroatoms. The highest BCUT2D eigenvalue weighted by Gasteiger charge is 2.08. The maximum absolute atomic E-state index is 11.4. The molecule has 0 unspecified atom stereocenters. The van der Waals surface area contributed by atoms with Crippen molar-refractivity contribution in [3.8, 4) is 0 Å². The molecule has 0 aromatic carbocycles. The molecule has 0 N–H and O–H groups in total. The van der Waals surface area contributed by atoms with Crippen LogP contribution in [-0.2, 0) is 0 Å². The van der Waals surface area contributed by atoms with E-state index >= 15 is 0 Å². The molecule has 0 spiro atoms. The monoisotopic (exact) mass is 203 g/mol. The van der Waals surface area contributed by atoms with Crippen LogP contribution < -0.4 is 0 Å². The van der Waals surface area contributed by atoms with Gasteiger partial charge in [0.15, 0.2) is 5.78 Å². The van der Waals surface area contributed by atoms with Gasteiger partial charge in [0.25, 0.3) is 0 Å². The highest BCUT2D eigenvalue weighted by molar-refractivity contribution is 7.12. The molecule has 1 aromatic rings. The van der Waals surface area contributed by atoms with Gasteiger partial charge in [-0.2, -0.15) is 0 Å². The average molecular weight is 204 g/mol. The Morgan fingerprint density at radius 2 is 2.33 bits per heavy atom. The van der Waals surface area contributed by atoms with E-state index in [0.29, 0.717) is 11.6 Å². The lowest BCUT2D eigenvalue weighted by molar-refractivity contribution is 0.0962. The van der Waals surface area contributed by atoms with Gasteiger partial charge in [-0.3, -0.25) is 4.79 Å². The zero-order chi connectivity index (χ0) is 9.14. The predicted molar refractivity (Wildman–Crippen MR) is 52.2 cm³/mol. The van der Waals surface area contributed by atoms with Gasteiger partial charge in [0.2, 0.25) is 0 Å². The summed E-state index contributed by atoms with van der Waals surface area (Å²) in [5, 5.41) is 2.41. The van der Waals surface area contributed by atoms with Gasteiger partial charge in [-0.05, 0) is 20.2 Å². The maximum atomic E-state index is 11.4. The fourth-order valence-corrected chi connectivity index (χ4v) is 1.83. The van der Waals surface area contributed by atoms with Crippen molar-refractivity contribution in [1.29, 1.82) is 0 Å². The molecular weight excluding hydrogens is 194 g/mol. The van der Waals surface area contributed by atoms with Gasteiger partial charge >= 0.3 is 0 Å². The van der Waals surface area contributed by atoms with Crippen LogP contribution in [0.1, 0.15) is 9.67 Å². The Kier molecular flexibility index (Phi) is 3.26.